The molecule has 66 valence electrons. The third kappa shape index (κ3) is 1.38. The fourth-order valence-electron chi connectivity index (χ4n) is 1.20. The molecule has 0 aliphatic heterocycles. The number of aryl methyl sites for hydroxylation is 1. The molecule has 13 heavy (non-hydrogen) atoms. The summed E-state index contributed by atoms with van der Waals surface area (Å²) in [5.41, 5.74) is 2.20. The number of aromatic nitrogens is 1. The molecule has 0 saturated heterocycles. The monoisotopic (exact) mass is 176 g/mol. The highest BCUT2D eigenvalue weighted by Crippen LogP contribution is 2.18. The average molecular weight is 176 g/mol. The summed E-state index contributed by atoms with van der Waals surface area (Å²) in [6.45, 7) is 1.78. The van der Waals surface area contributed by atoms with Gasteiger partial charge in [0.05, 0.1) is 0 Å². The molecule has 0 aliphatic rings. The van der Waals surface area contributed by atoms with Crippen LogP contribution in [0.15, 0.2) is 22.6 Å². The summed E-state index contributed by atoms with van der Waals surface area (Å²) in [7, 11) is 0. The van der Waals surface area contributed by atoms with Crippen molar-refractivity contribution in [3.05, 3.63) is 24.1 Å². The number of carbonyl (C=O) groups excluding carboxylic acids is 1. The van der Waals surface area contributed by atoms with Crippen LogP contribution in [0.5, 0.6) is 0 Å². The van der Waals surface area contributed by atoms with E-state index in [4.69, 9.17) is 4.42 Å². The topological polar surface area (TPSA) is 55.1 Å². The lowest BCUT2D eigenvalue weighted by molar-refractivity contribution is -0.105. The highest BCUT2D eigenvalue weighted by atomic mass is 16.3. The van der Waals surface area contributed by atoms with E-state index in [2.05, 4.69) is 10.3 Å². The summed E-state index contributed by atoms with van der Waals surface area (Å²) in [5.74, 6) is 0.623. The highest BCUT2D eigenvalue weighted by Gasteiger charge is 2.01. The van der Waals surface area contributed by atoms with Crippen LogP contribution in [-0.2, 0) is 4.79 Å². The van der Waals surface area contributed by atoms with Gasteiger partial charge in [0.15, 0.2) is 11.5 Å². The van der Waals surface area contributed by atoms with Gasteiger partial charge in [-0.25, -0.2) is 4.98 Å². The number of oxazole rings is 1. The van der Waals surface area contributed by atoms with Gasteiger partial charge in [0, 0.05) is 12.6 Å². The molecule has 4 heteroatoms. The largest absolute Gasteiger partial charge is 0.441 e. The number of fused-ring (bicyclic) bond motifs is 1. The molecule has 2 rings (SSSR count). The molecule has 0 fully saturated rings. The Labute approximate surface area is 74.6 Å². The second-order valence-electron chi connectivity index (χ2n) is 2.68. The molecule has 0 spiro atoms. The molecule has 0 atom stereocenters. The first-order chi connectivity index (χ1) is 6.29. The van der Waals surface area contributed by atoms with Crippen LogP contribution in [0.25, 0.3) is 11.1 Å². The van der Waals surface area contributed by atoms with E-state index in [1.807, 2.05) is 0 Å². The first-order valence-corrected chi connectivity index (χ1v) is 3.87. The molecule has 1 aromatic carbocycles. The first kappa shape index (κ1) is 7.79. The van der Waals surface area contributed by atoms with E-state index in [0.29, 0.717) is 12.3 Å². The van der Waals surface area contributed by atoms with Gasteiger partial charge in [-0.15, -0.1) is 0 Å². The third-order valence-corrected chi connectivity index (χ3v) is 1.72. The van der Waals surface area contributed by atoms with Crippen molar-refractivity contribution in [1.29, 1.82) is 0 Å². The molecule has 0 radical (unpaired) electrons. The SMILES string of the molecule is Cc1nc2cc(NC=O)ccc2o1. The van der Waals surface area contributed by atoms with Gasteiger partial charge in [-0.1, -0.05) is 0 Å². The summed E-state index contributed by atoms with van der Waals surface area (Å²) < 4.78 is 5.27. The van der Waals surface area contributed by atoms with Crippen LogP contribution < -0.4 is 5.32 Å². The molecule has 0 saturated carbocycles. The average Bonchev–Trinajstić information content (AvgIpc) is 2.44. The Morgan fingerprint density at radius 3 is 3.15 bits per heavy atom. The summed E-state index contributed by atoms with van der Waals surface area (Å²) in [5, 5.41) is 2.55. The zero-order valence-electron chi connectivity index (χ0n) is 7.07. The van der Waals surface area contributed by atoms with Crippen molar-refractivity contribution in [3.8, 4) is 0 Å². The van der Waals surface area contributed by atoms with Crippen molar-refractivity contribution in [1.82, 2.24) is 4.98 Å². The molecular weight excluding hydrogens is 168 g/mol. The number of hydrogen-bond acceptors (Lipinski definition) is 3. The Bertz CT molecular complexity index is 448. The standard InChI is InChI=1S/C9H8N2O2/c1-6-11-8-4-7(10-5-12)2-3-9(8)13-6/h2-5H,1H3,(H,10,12). The fourth-order valence-corrected chi connectivity index (χ4v) is 1.20. The number of amides is 1. The Morgan fingerprint density at radius 1 is 1.54 bits per heavy atom. The van der Waals surface area contributed by atoms with Crippen LogP contribution in [0.1, 0.15) is 5.89 Å². The summed E-state index contributed by atoms with van der Waals surface area (Å²) >= 11 is 0. The number of hydrogen-bond donors (Lipinski definition) is 1. The highest BCUT2D eigenvalue weighted by molar-refractivity contribution is 5.81. The van der Waals surface area contributed by atoms with E-state index in [1.165, 1.54) is 0 Å². The number of carbonyl (C=O) groups is 1. The Kier molecular flexibility index (Phi) is 1.73. The second kappa shape index (κ2) is 2.90. The van der Waals surface area contributed by atoms with E-state index in [0.717, 1.165) is 16.8 Å². The number of rotatable bonds is 2. The Balaban J connectivity index is 2.54. The van der Waals surface area contributed by atoms with Crippen molar-refractivity contribution in [3.63, 3.8) is 0 Å². The molecule has 1 amide bonds. The molecule has 4 nitrogen and oxygen atoms in total. The van der Waals surface area contributed by atoms with Crippen LogP contribution in [0.2, 0.25) is 0 Å². The minimum Gasteiger partial charge on any atom is -0.441 e. The lowest BCUT2D eigenvalue weighted by Crippen LogP contribution is -1.92. The van der Waals surface area contributed by atoms with Crippen LogP contribution in [0.4, 0.5) is 5.69 Å². The van der Waals surface area contributed by atoms with Gasteiger partial charge < -0.3 is 9.73 Å². The van der Waals surface area contributed by atoms with Crippen molar-refractivity contribution in [2.24, 2.45) is 0 Å². The lowest BCUT2D eigenvalue weighted by Gasteiger charge is -1.95. The van der Waals surface area contributed by atoms with E-state index in [1.54, 1.807) is 25.1 Å². The maximum absolute atomic E-state index is 10.2. The molecule has 1 aromatic heterocycles. The summed E-state index contributed by atoms with van der Waals surface area (Å²) in [6.07, 6.45) is 0.633. The van der Waals surface area contributed by atoms with Gasteiger partial charge in [-0.3, -0.25) is 4.79 Å². The quantitative estimate of drug-likeness (QED) is 0.708. The number of nitrogens with one attached hydrogen (secondary N) is 1. The van der Waals surface area contributed by atoms with Crippen molar-refractivity contribution in [2.75, 3.05) is 5.32 Å². The zero-order chi connectivity index (χ0) is 9.26. The zero-order valence-corrected chi connectivity index (χ0v) is 7.07. The van der Waals surface area contributed by atoms with Crippen LogP contribution in [-0.4, -0.2) is 11.4 Å². The van der Waals surface area contributed by atoms with E-state index in [9.17, 15) is 4.79 Å². The van der Waals surface area contributed by atoms with Crippen molar-refractivity contribution in [2.45, 2.75) is 6.92 Å². The van der Waals surface area contributed by atoms with Crippen molar-refractivity contribution >= 4 is 23.2 Å². The maximum Gasteiger partial charge on any atom is 0.211 e. The molecule has 1 heterocycles. The number of benzene rings is 1. The first-order valence-electron chi connectivity index (χ1n) is 3.87. The Morgan fingerprint density at radius 2 is 2.38 bits per heavy atom. The lowest BCUT2D eigenvalue weighted by atomic mass is 10.3. The Hall–Kier alpha value is -1.84. The van der Waals surface area contributed by atoms with Gasteiger partial charge >= 0.3 is 0 Å². The van der Waals surface area contributed by atoms with Gasteiger partial charge in [-0.05, 0) is 18.2 Å². The van der Waals surface area contributed by atoms with Gasteiger partial charge in [0.1, 0.15) is 5.52 Å². The van der Waals surface area contributed by atoms with Crippen LogP contribution >= 0.6 is 0 Å². The maximum atomic E-state index is 10.2. The second-order valence-corrected chi connectivity index (χ2v) is 2.68. The minimum absolute atomic E-state index is 0.623. The van der Waals surface area contributed by atoms with Gasteiger partial charge in [0.25, 0.3) is 0 Å². The minimum atomic E-state index is 0.623. The predicted octanol–water partition coefficient (Wildman–Crippen LogP) is 1.70. The number of anilines is 1. The van der Waals surface area contributed by atoms with E-state index in [-0.39, 0.29) is 0 Å². The van der Waals surface area contributed by atoms with Gasteiger partial charge in [0.2, 0.25) is 6.41 Å². The van der Waals surface area contributed by atoms with Crippen LogP contribution in [0.3, 0.4) is 0 Å². The summed E-state index contributed by atoms with van der Waals surface area (Å²) in [6, 6.07) is 5.31. The molecule has 0 unspecified atom stereocenters. The van der Waals surface area contributed by atoms with Gasteiger partial charge in [-0.2, -0.15) is 0 Å². The third-order valence-electron chi connectivity index (χ3n) is 1.72. The molecule has 0 aliphatic carbocycles. The van der Waals surface area contributed by atoms with E-state index < -0.39 is 0 Å². The van der Waals surface area contributed by atoms with Crippen LogP contribution in [0, 0.1) is 6.92 Å². The fraction of sp³-hybridized carbons (Fsp3) is 0.111. The molecular formula is C9H8N2O2. The molecule has 1 N–H and O–H groups in total. The molecule has 0 bridgehead atoms. The number of nitrogens with zero attached hydrogens (tertiary/aromatic N) is 1. The smallest absolute Gasteiger partial charge is 0.211 e. The predicted molar refractivity (Wildman–Crippen MR) is 48.4 cm³/mol. The molecule has 2 aromatic rings. The van der Waals surface area contributed by atoms with E-state index >= 15 is 0 Å². The normalized spacial score (nSPS) is 10.2. The summed E-state index contributed by atoms with van der Waals surface area (Å²) in [4.78, 5) is 14.3. The van der Waals surface area contributed by atoms with Crippen molar-refractivity contribution < 1.29 is 9.21 Å².